The fraction of sp³-hybridized carbons (Fsp3) is 0.280. The zero-order valence-electron chi connectivity index (χ0n) is 17.1. The van der Waals surface area contributed by atoms with Crippen LogP contribution in [0.4, 0.5) is 0 Å². The number of carbonyl (C=O) groups is 2. The third kappa shape index (κ3) is 3.68. The van der Waals surface area contributed by atoms with Crippen LogP contribution in [0.3, 0.4) is 0 Å². The van der Waals surface area contributed by atoms with Crippen molar-refractivity contribution < 1.29 is 23.6 Å². The first-order valence-corrected chi connectivity index (χ1v) is 10.3. The maximum Gasteiger partial charge on any atom is 0.315 e. The summed E-state index contributed by atoms with van der Waals surface area (Å²) in [5, 5.41) is 9.20. The van der Waals surface area contributed by atoms with Crippen LogP contribution in [0.25, 0.3) is 0 Å². The number of rotatable bonds is 6. The highest BCUT2D eigenvalue weighted by molar-refractivity contribution is 5.77. The summed E-state index contributed by atoms with van der Waals surface area (Å²) in [6.07, 6.45) is 2.22. The Labute approximate surface area is 176 Å². The SMILES string of the molecule is Cc1cccc2c1CC[N+](Cc1ccco1)(C(=O)CCC(=O)O)C2c1ccccc1. The molecule has 0 aliphatic carbocycles. The highest BCUT2D eigenvalue weighted by Crippen LogP contribution is 2.44. The normalized spacial score (nSPS) is 20.5. The Kier molecular flexibility index (Phi) is 5.55. The molecule has 5 nitrogen and oxygen atoms in total. The van der Waals surface area contributed by atoms with Crippen LogP contribution in [-0.2, 0) is 22.6 Å². The van der Waals surface area contributed by atoms with Crippen LogP contribution >= 0.6 is 0 Å². The number of hydrogen-bond donors (Lipinski definition) is 1. The summed E-state index contributed by atoms with van der Waals surface area (Å²) in [6.45, 7) is 3.12. The molecule has 2 unspecified atom stereocenters. The number of hydrogen-bond acceptors (Lipinski definition) is 3. The Hall–Kier alpha value is -3.18. The number of benzene rings is 2. The monoisotopic (exact) mass is 404 g/mol. The molecule has 0 saturated carbocycles. The molecule has 4 rings (SSSR count). The van der Waals surface area contributed by atoms with E-state index in [0.29, 0.717) is 13.1 Å². The molecule has 1 aliphatic heterocycles. The van der Waals surface area contributed by atoms with Gasteiger partial charge in [0.15, 0.2) is 5.76 Å². The van der Waals surface area contributed by atoms with Crippen molar-refractivity contribution in [3.63, 3.8) is 0 Å². The van der Waals surface area contributed by atoms with Crippen molar-refractivity contribution in [1.82, 2.24) is 0 Å². The Balaban J connectivity index is 1.89. The Morgan fingerprint density at radius 1 is 1.03 bits per heavy atom. The van der Waals surface area contributed by atoms with Gasteiger partial charge in [-0.05, 0) is 30.2 Å². The molecule has 154 valence electrons. The second-order valence-electron chi connectivity index (χ2n) is 7.99. The van der Waals surface area contributed by atoms with Crippen LogP contribution in [0.2, 0.25) is 0 Å². The highest BCUT2D eigenvalue weighted by atomic mass is 16.4. The second kappa shape index (κ2) is 8.28. The average Bonchev–Trinajstić information content (AvgIpc) is 3.25. The minimum Gasteiger partial charge on any atom is -0.481 e. The van der Waals surface area contributed by atoms with E-state index in [0.717, 1.165) is 23.3 Å². The third-order valence-corrected chi connectivity index (χ3v) is 6.18. The lowest BCUT2D eigenvalue weighted by Gasteiger charge is -2.46. The highest BCUT2D eigenvalue weighted by Gasteiger charge is 2.49. The van der Waals surface area contributed by atoms with Crippen molar-refractivity contribution in [2.24, 2.45) is 0 Å². The molecule has 0 spiro atoms. The standard InChI is InChI=1S/C25H25NO4/c1-18-7-5-11-22-21(18)14-15-26(17-20-10-6-16-30-20,23(27)12-13-24(28)29)25(22)19-8-3-2-4-9-19/h2-11,16,25H,12-15,17H2,1H3/p+1. The number of nitrogens with zero attached hydrogens (tertiary/aromatic N) is 1. The Morgan fingerprint density at radius 2 is 1.83 bits per heavy atom. The molecule has 30 heavy (non-hydrogen) atoms. The van der Waals surface area contributed by atoms with E-state index in [4.69, 9.17) is 4.42 Å². The first-order valence-electron chi connectivity index (χ1n) is 10.3. The van der Waals surface area contributed by atoms with E-state index in [-0.39, 0.29) is 29.3 Å². The van der Waals surface area contributed by atoms with E-state index >= 15 is 0 Å². The molecule has 0 fully saturated rings. The number of amides is 1. The summed E-state index contributed by atoms with van der Waals surface area (Å²) in [5.74, 6) is -0.283. The van der Waals surface area contributed by atoms with Gasteiger partial charge in [0, 0.05) is 17.5 Å². The quantitative estimate of drug-likeness (QED) is 0.608. The second-order valence-corrected chi connectivity index (χ2v) is 7.99. The van der Waals surface area contributed by atoms with Gasteiger partial charge in [0.25, 0.3) is 0 Å². The van der Waals surface area contributed by atoms with E-state index < -0.39 is 5.97 Å². The molecule has 2 atom stereocenters. The van der Waals surface area contributed by atoms with Gasteiger partial charge in [0.1, 0.15) is 12.6 Å². The van der Waals surface area contributed by atoms with Gasteiger partial charge < -0.3 is 9.52 Å². The van der Waals surface area contributed by atoms with E-state index in [9.17, 15) is 14.7 Å². The summed E-state index contributed by atoms with van der Waals surface area (Å²) < 4.78 is 5.79. The zero-order valence-corrected chi connectivity index (χ0v) is 17.1. The fourth-order valence-corrected chi connectivity index (χ4v) is 4.77. The number of carboxylic acids is 1. The van der Waals surface area contributed by atoms with Crippen LogP contribution in [0, 0.1) is 6.92 Å². The minimum absolute atomic E-state index is 0.000520. The number of quaternary nitrogens is 1. The van der Waals surface area contributed by atoms with E-state index in [1.54, 1.807) is 6.26 Å². The van der Waals surface area contributed by atoms with Crippen molar-refractivity contribution in [2.75, 3.05) is 6.54 Å². The molecule has 1 amide bonds. The van der Waals surface area contributed by atoms with Crippen molar-refractivity contribution in [1.29, 1.82) is 0 Å². The lowest BCUT2D eigenvalue weighted by Crippen LogP contribution is -2.58. The van der Waals surface area contributed by atoms with Crippen LogP contribution in [0.1, 0.15) is 46.9 Å². The number of carbonyl (C=O) groups excluding carboxylic acids is 1. The molecule has 1 N–H and O–H groups in total. The number of aliphatic carboxylic acids is 1. The lowest BCUT2D eigenvalue weighted by molar-refractivity contribution is -0.896. The number of furan rings is 1. The Bertz CT molecular complexity index is 1040. The molecule has 5 heteroatoms. The summed E-state index contributed by atoms with van der Waals surface area (Å²) in [4.78, 5) is 24.9. The van der Waals surface area contributed by atoms with Gasteiger partial charge in [-0.1, -0.05) is 48.5 Å². The van der Waals surface area contributed by atoms with Gasteiger partial charge in [-0.15, -0.1) is 0 Å². The molecule has 0 radical (unpaired) electrons. The van der Waals surface area contributed by atoms with Crippen molar-refractivity contribution in [2.45, 2.75) is 38.8 Å². The van der Waals surface area contributed by atoms with Gasteiger partial charge in [0.2, 0.25) is 0 Å². The lowest BCUT2D eigenvalue weighted by atomic mass is 9.83. The smallest absolute Gasteiger partial charge is 0.315 e. The fourth-order valence-electron chi connectivity index (χ4n) is 4.77. The van der Waals surface area contributed by atoms with Crippen molar-refractivity contribution in [3.8, 4) is 0 Å². The molecule has 2 heterocycles. The van der Waals surface area contributed by atoms with Gasteiger partial charge in [0.05, 0.1) is 25.6 Å². The molecule has 0 saturated heterocycles. The first kappa shape index (κ1) is 20.1. The van der Waals surface area contributed by atoms with Crippen molar-refractivity contribution in [3.05, 3.63) is 94.9 Å². The topological polar surface area (TPSA) is 67.5 Å². The summed E-state index contributed by atoms with van der Waals surface area (Å²) in [7, 11) is 0. The maximum atomic E-state index is 13.7. The maximum absolute atomic E-state index is 13.7. The summed E-state index contributed by atoms with van der Waals surface area (Å²) >= 11 is 0. The predicted molar refractivity (Wildman–Crippen MR) is 113 cm³/mol. The molecule has 3 aromatic rings. The molecule has 0 bridgehead atoms. The summed E-state index contributed by atoms with van der Waals surface area (Å²) in [5.41, 5.74) is 4.70. The number of fused-ring (bicyclic) bond motifs is 1. The van der Waals surface area contributed by atoms with Crippen LogP contribution < -0.4 is 0 Å². The largest absolute Gasteiger partial charge is 0.481 e. The number of aryl methyl sites for hydroxylation is 1. The molecule has 1 aromatic heterocycles. The van der Waals surface area contributed by atoms with Crippen LogP contribution in [0.5, 0.6) is 0 Å². The summed E-state index contributed by atoms with van der Waals surface area (Å²) in [6, 6.07) is 19.8. The van der Waals surface area contributed by atoms with Gasteiger partial charge in [-0.25, -0.2) is 9.28 Å². The van der Waals surface area contributed by atoms with E-state index in [2.05, 4.69) is 31.2 Å². The zero-order chi connectivity index (χ0) is 21.1. The van der Waals surface area contributed by atoms with Gasteiger partial charge in [-0.3, -0.25) is 4.79 Å². The predicted octanol–water partition coefficient (Wildman–Crippen LogP) is 4.64. The first-order chi connectivity index (χ1) is 14.5. The van der Waals surface area contributed by atoms with Gasteiger partial charge >= 0.3 is 11.9 Å². The van der Waals surface area contributed by atoms with E-state index in [1.165, 1.54) is 11.1 Å². The third-order valence-electron chi connectivity index (χ3n) is 6.18. The number of carboxylic acid groups (broad SMARTS) is 1. The van der Waals surface area contributed by atoms with Gasteiger partial charge in [-0.2, -0.15) is 0 Å². The minimum atomic E-state index is -0.955. The van der Waals surface area contributed by atoms with E-state index in [1.807, 2.05) is 36.4 Å². The average molecular weight is 404 g/mol. The van der Waals surface area contributed by atoms with Crippen LogP contribution in [0.15, 0.2) is 71.3 Å². The molecular weight excluding hydrogens is 378 g/mol. The van der Waals surface area contributed by atoms with Crippen molar-refractivity contribution >= 4 is 11.9 Å². The Morgan fingerprint density at radius 3 is 2.53 bits per heavy atom. The molecular formula is C25H26NO4+. The van der Waals surface area contributed by atoms with Crippen LogP contribution in [-0.4, -0.2) is 28.0 Å². The molecule has 2 aromatic carbocycles. The molecule has 1 aliphatic rings.